The Morgan fingerprint density at radius 2 is 1.40 bits per heavy atom. The molecule has 0 saturated heterocycles. The minimum atomic E-state index is -0.0888. The van der Waals surface area contributed by atoms with Crippen LogP contribution in [0.4, 0.5) is 0 Å². The molecular formula is C12H27NO2. The summed E-state index contributed by atoms with van der Waals surface area (Å²) < 4.78 is 11.4. The third-order valence-corrected chi connectivity index (χ3v) is 2.25. The molecule has 0 atom stereocenters. The second kappa shape index (κ2) is 5.83. The van der Waals surface area contributed by atoms with E-state index in [2.05, 4.69) is 41.5 Å². The molecule has 0 aromatic rings. The Hall–Kier alpha value is -0.120. The van der Waals surface area contributed by atoms with Crippen molar-refractivity contribution in [3.05, 3.63) is 0 Å². The molecule has 0 aliphatic carbocycles. The lowest BCUT2D eigenvalue weighted by atomic mass is 10.1. The SMILES string of the molecule is CCC(C)(C)OCN(C)COC(C)(C)C. The molecule has 0 radical (unpaired) electrons. The first-order valence-corrected chi connectivity index (χ1v) is 5.63. The van der Waals surface area contributed by atoms with Crippen molar-refractivity contribution in [1.29, 1.82) is 0 Å². The first-order chi connectivity index (χ1) is 6.66. The highest BCUT2D eigenvalue weighted by Gasteiger charge is 2.17. The lowest BCUT2D eigenvalue weighted by molar-refractivity contribution is -0.121. The van der Waals surface area contributed by atoms with Crippen LogP contribution in [0.15, 0.2) is 0 Å². The van der Waals surface area contributed by atoms with Gasteiger partial charge in [-0.25, -0.2) is 0 Å². The zero-order chi connectivity index (χ0) is 12.1. The van der Waals surface area contributed by atoms with Crippen LogP contribution in [0.3, 0.4) is 0 Å². The van der Waals surface area contributed by atoms with Gasteiger partial charge in [0.05, 0.1) is 11.2 Å². The maximum absolute atomic E-state index is 5.75. The van der Waals surface area contributed by atoms with Gasteiger partial charge in [0.15, 0.2) is 0 Å². The van der Waals surface area contributed by atoms with E-state index in [0.29, 0.717) is 13.5 Å². The third kappa shape index (κ3) is 8.85. The second-order valence-corrected chi connectivity index (χ2v) is 5.63. The quantitative estimate of drug-likeness (QED) is 0.639. The van der Waals surface area contributed by atoms with Crippen LogP contribution in [0.2, 0.25) is 0 Å². The zero-order valence-corrected chi connectivity index (χ0v) is 11.4. The smallest absolute Gasteiger partial charge is 0.101 e. The summed E-state index contributed by atoms with van der Waals surface area (Å²) in [7, 11) is 2.00. The predicted octanol–water partition coefficient (Wildman–Crippen LogP) is 2.85. The van der Waals surface area contributed by atoms with Crippen LogP contribution in [0.5, 0.6) is 0 Å². The topological polar surface area (TPSA) is 21.7 Å². The third-order valence-electron chi connectivity index (χ3n) is 2.25. The van der Waals surface area contributed by atoms with Crippen molar-refractivity contribution in [2.24, 2.45) is 0 Å². The summed E-state index contributed by atoms with van der Waals surface area (Å²) in [5, 5.41) is 0. The molecule has 0 spiro atoms. The summed E-state index contributed by atoms with van der Waals surface area (Å²) in [6.07, 6.45) is 1.01. The van der Waals surface area contributed by atoms with Crippen molar-refractivity contribution in [3.8, 4) is 0 Å². The number of rotatable bonds is 6. The van der Waals surface area contributed by atoms with Crippen LogP contribution in [0.1, 0.15) is 48.0 Å². The molecule has 0 amide bonds. The van der Waals surface area contributed by atoms with Crippen LogP contribution in [-0.2, 0) is 9.47 Å². The Morgan fingerprint density at radius 1 is 0.933 bits per heavy atom. The highest BCUT2D eigenvalue weighted by molar-refractivity contribution is 4.64. The van der Waals surface area contributed by atoms with Gasteiger partial charge < -0.3 is 9.47 Å². The van der Waals surface area contributed by atoms with Crippen LogP contribution in [0.25, 0.3) is 0 Å². The Morgan fingerprint density at radius 3 is 1.80 bits per heavy atom. The molecule has 0 heterocycles. The van der Waals surface area contributed by atoms with Gasteiger partial charge in [0.2, 0.25) is 0 Å². The zero-order valence-electron chi connectivity index (χ0n) is 11.4. The van der Waals surface area contributed by atoms with E-state index in [4.69, 9.17) is 9.47 Å². The minimum Gasteiger partial charge on any atom is -0.360 e. The lowest BCUT2D eigenvalue weighted by Crippen LogP contribution is -2.35. The van der Waals surface area contributed by atoms with Gasteiger partial charge in [-0.15, -0.1) is 0 Å². The molecule has 0 aliphatic rings. The van der Waals surface area contributed by atoms with E-state index in [1.165, 1.54) is 0 Å². The Balaban J connectivity index is 3.71. The highest BCUT2D eigenvalue weighted by Crippen LogP contribution is 2.14. The molecule has 3 heteroatoms. The van der Waals surface area contributed by atoms with E-state index < -0.39 is 0 Å². The van der Waals surface area contributed by atoms with Crippen molar-refractivity contribution >= 4 is 0 Å². The van der Waals surface area contributed by atoms with Gasteiger partial charge >= 0.3 is 0 Å². The largest absolute Gasteiger partial charge is 0.360 e. The fourth-order valence-electron chi connectivity index (χ4n) is 0.728. The summed E-state index contributed by atoms with van der Waals surface area (Å²) in [4.78, 5) is 2.03. The Bertz CT molecular complexity index is 173. The molecule has 0 N–H and O–H groups in total. The van der Waals surface area contributed by atoms with Gasteiger partial charge in [-0.3, -0.25) is 4.90 Å². The predicted molar refractivity (Wildman–Crippen MR) is 63.8 cm³/mol. The van der Waals surface area contributed by atoms with Gasteiger partial charge in [0, 0.05) is 0 Å². The van der Waals surface area contributed by atoms with Crippen LogP contribution in [-0.4, -0.2) is 36.6 Å². The minimum absolute atomic E-state index is 0.0456. The average Bonchev–Trinajstić information content (AvgIpc) is 2.10. The van der Waals surface area contributed by atoms with E-state index >= 15 is 0 Å². The van der Waals surface area contributed by atoms with E-state index in [9.17, 15) is 0 Å². The van der Waals surface area contributed by atoms with Crippen LogP contribution in [0, 0.1) is 0 Å². The highest BCUT2D eigenvalue weighted by atomic mass is 16.5. The summed E-state index contributed by atoms with van der Waals surface area (Å²) in [5.41, 5.74) is -0.134. The van der Waals surface area contributed by atoms with E-state index in [0.717, 1.165) is 6.42 Å². The van der Waals surface area contributed by atoms with Crippen molar-refractivity contribution in [1.82, 2.24) is 4.90 Å². The van der Waals surface area contributed by atoms with Gasteiger partial charge in [0.1, 0.15) is 13.5 Å². The maximum atomic E-state index is 5.75. The van der Waals surface area contributed by atoms with E-state index in [1.54, 1.807) is 0 Å². The van der Waals surface area contributed by atoms with Crippen LogP contribution >= 0.6 is 0 Å². The molecule has 0 aromatic carbocycles. The first kappa shape index (κ1) is 14.9. The molecule has 0 unspecified atom stereocenters. The van der Waals surface area contributed by atoms with Gasteiger partial charge in [-0.2, -0.15) is 0 Å². The number of nitrogens with zero attached hydrogens (tertiary/aromatic N) is 1. The molecule has 15 heavy (non-hydrogen) atoms. The fraction of sp³-hybridized carbons (Fsp3) is 1.00. The molecule has 0 saturated carbocycles. The normalized spacial score (nSPS) is 13.6. The molecule has 0 fully saturated rings. The summed E-state index contributed by atoms with van der Waals surface area (Å²) in [6, 6.07) is 0. The Labute approximate surface area is 94.7 Å². The van der Waals surface area contributed by atoms with Crippen LogP contribution < -0.4 is 0 Å². The molecule has 0 aliphatic heterocycles. The van der Waals surface area contributed by atoms with E-state index in [1.807, 2.05) is 11.9 Å². The lowest BCUT2D eigenvalue weighted by Gasteiger charge is -2.29. The van der Waals surface area contributed by atoms with Gasteiger partial charge in [-0.1, -0.05) is 6.92 Å². The second-order valence-electron chi connectivity index (χ2n) is 5.63. The molecular weight excluding hydrogens is 190 g/mol. The summed E-state index contributed by atoms with van der Waals surface area (Å²) >= 11 is 0. The summed E-state index contributed by atoms with van der Waals surface area (Å²) in [6.45, 7) is 13.7. The van der Waals surface area contributed by atoms with Crippen molar-refractivity contribution in [2.75, 3.05) is 20.5 Å². The average molecular weight is 217 g/mol. The maximum Gasteiger partial charge on any atom is 0.101 e. The molecule has 3 nitrogen and oxygen atoms in total. The van der Waals surface area contributed by atoms with Crippen molar-refractivity contribution < 1.29 is 9.47 Å². The first-order valence-electron chi connectivity index (χ1n) is 5.63. The number of hydrogen-bond donors (Lipinski definition) is 0. The van der Waals surface area contributed by atoms with Crippen molar-refractivity contribution in [2.45, 2.75) is 59.2 Å². The van der Waals surface area contributed by atoms with Gasteiger partial charge in [-0.05, 0) is 48.1 Å². The molecule has 0 rings (SSSR count). The number of hydrogen-bond acceptors (Lipinski definition) is 3. The fourth-order valence-corrected chi connectivity index (χ4v) is 0.728. The molecule has 92 valence electrons. The standard InChI is InChI=1S/C12H27NO2/c1-8-12(5,6)15-10-13(7)9-14-11(2,3)4/h8-10H2,1-7H3. The van der Waals surface area contributed by atoms with Crippen molar-refractivity contribution in [3.63, 3.8) is 0 Å². The molecule has 0 aromatic heterocycles. The number of ether oxygens (including phenoxy) is 2. The van der Waals surface area contributed by atoms with Gasteiger partial charge in [0.25, 0.3) is 0 Å². The molecule has 0 bridgehead atoms. The summed E-state index contributed by atoms with van der Waals surface area (Å²) in [5.74, 6) is 0. The Kier molecular flexibility index (Phi) is 5.78. The van der Waals surface area contributed by atoms with E-state index in [-0.39, 0.29) is 11.2 Å². The monoisotopic (exact) mass is 217 g/mol.